The Balaban J connectivity index is 1.10. The number of cyclic esters (lactones) is 1. The molecule has 2 aromatic heterocycles. The monoisotopic (exact) mass is 1020 g/mol. The zero-order valence-electron chi connectivity index (χ0n) is 45.1. The van der Waals surface area contributed by atoms with Gasteiger partial charge in [-0.2, -0.15) is 0 Å². The van der Waals surface area contributed by atoms with E-state index in [1.54, 1.807) is 36.2 Å². The van der Waals surface area contributed by atoms with Gasteiger partial charge in [0.25, 0.3) is 5.91 Å². The standard InChI is InChI=1S/C57H77N9O8/c1-11-65-47-22-21-41-32-43(47)44(51(65)42-18-13-24-58-49(42)38(4)72-10)33-56(5,6)36-73-54(70)45-19-14-26-66(60-45)53(69)46(31-39-16-12-17-40(41)30-39)59-52(68)50(37(2)3)62(9)55(71)64-27-23-57(35-64)34-63(28-29-74-57)48(67)20-15-25-61(7)8/h12-13,15-18,20-22,24,30,32,37-38,45-46,50,60H,11,14,19,23,25-29,31,33-36H2,1-10H3,(H,59,68)/b20-15+/t38-,45-,46-,50-,57-/m0/s1. The van der Waals surface area contributed by atoms with Gasteiger partial charge < -0.3 is 43.7 Å². The van der Waals surface area contributed by atoms with Gasteiger partial charge in [-0.25, -0.2) is 10.2 Å². The highest BCUT2D eigenvalue weighted by Crippen LogP contribution is 2.42. The van der Waals surface area contributed by atoms with Crippen LogP contribution >= 0.6 is 0 Å². The smallest absolute Gasteiger partial charge is 0.324 e. The van der Waals surface area contributed by atoms with Gasteiger partial charge >= 0.3 is 12.0 Å². The summed E-state index contributed by atoms with van der Waals surface area (Å²) in [4.78, 5) is 83.0. The minimum Gasteiger partial charge on any atom is -0.464 e. The SMILES string of the molecule is CCn1c(-c2cccnc2[C@H](C)OC)c2c3cc(ccc31)-c1cccc(c1)C[C@H](NC(=O)[C@H](C(C)C)N(C)C(=O)N1CC[C@]3(CN(C(=O)/C=C/CN(C)C)CCO3)C1)C(=O)N1CCC[C@H](N1)C(=O)OCC(C)(C)C2. The van der Waals surface area contributed by atoms with Gasteiger partial charge in [-0.05, 0) is 106 Å². The molecule has 4 aromatic rings. The minimum absolute atomic E-state index is 0.0893. The van der Waals surface area contributed by atoms with E-state index in [4.69, 9.17) is 19.2 Å². The van der Waals surface area contributed by atoms with E-state index in [1.807, 2.05) is 64.0 Å². The minimum atomic E-state index is -1.07. The molecular formula is C57H77N9O8. The number of nitrogens with zero attached hydrogens (tertiary/aromatic N) is 7. The first-order valence-electron chi connectivity index (χ1n) is 26.4. The van der Waals surface area contributed by atoms with Crippen LogP contribution in [0.1, 0.15) is 83.7 Å². The number of hydrogen-bond acceptors (Lipinski definition) is 11. The van der Waals surface area contributed by atoms with Gasteiger partial charge in [0.05, 0.1) is 43.8 Å². The predicted molar refractivity (Wildman–Crippen MR) is 285 cm³/mol. The Bertz CT molecular complexity index is 2750. The lowest BCUT2D eigenvalue weighted by molar-refractivity contribution is -0.155. The lowest BCUT2D eigenvalue weighted by atomic mass is 9.84. The normalized spacial score (nSPS) is 22.4. The number of fused-ring (bicyclic) bond motifs is 6. The summed E-state index contributed by atoms with van der Waals surface area (Å²) < 4.78 is 20.6. The Morgan fingerprint density at radius 1 is 0.986 bits per heavy atom. The third-order valence-corrected chi connectivity index (χ3v) is 15.1. The Kier molecular flexibility index (Phi) is 16.7. The van der Waals surface area contributed by atoms with E-state index in [9.17, 15) is 24.0 Å². The summed E-state index contributed by atoms with van der Waals surface area (Å²) in [5, 5.41) is 5.62. The van der Waals surface area contributed by atoms with E-state index in [1.165, 1.54) is 9.91 Å². The van der Waals surface area contributed by atoms with Crippen molar-refractivity contribution in [3.8, 4) is 22.4 Å². The second-order valence-corrected chi connectivity index (χ2v) is 22.1. The van der Waals surface area contributed by atoms with Gasteiger partial charge in [-0.3, -0.25) is 29.2 Å². The first kappa shape index (κ1) is 54.1. The van der Waals surface area contributed by atoms with Crippen LogP contribution in [0.2, 0.25) is 0 Å². The fourth-order valence-electron chi connectivity index (χ4n) is 11.3. The van der Waals surface area contributed by atoms with Crippen molar-refractivity contribution in [2.75, 3.05) is 80.7 Å². The molecule has 17 nitrogen and oxygen atoms in total. The number of urea groups is 1. The number of aryl methyl sites for hydroxylation is 1. The van der Waals surface area contributed by atoms with E-state index < -0.39 is 46.9 Å². The van der Waals surface area contributed by atoms with Crippen LogP contribution in [0, 0.1) is 11.3 Å². The van der Waals surface area contributed by atoms with Crippen LogP contribution in [0.4, 0.5) is 4.79 Å². The van der Waals surface area contributed by atoms with Crippen molar-refractivity contribution in [3.05, 3.63) is 89.8 Å². The maximum Gasteiger partial charge on any atom is 0.324 e. The number of nitrogens with one attached hydrogen (secondary N) is 2. The third-order valence-electron chi connectivity index (χ3n) is 15.1. The molecule has 398 valence electrons. The number of likely N-dealkylation sites (tertiary alicyclic amines) is 1. The highest BCUT2D eigenvalue weighted by molar-refractivity contribution is 5.96. The summed E-state index contributed by atoms with van der Waals surface area (Å²) >= 11 is 0. The highest BCUT2D eigenvalue weighted by Gasteiger charge is 2.47. The molecule has 0 aliphatic carbocycles. The summed E-state index contributed by atoms with van der Waals surface area (Å²) in [5.41, 5.74) is 9.75. The van der Waals surface area contributed by atoms with Gasteiger partial charge in [0.1, 0.15) is 23.7 Å². The fourth-order valence-corrected chi connectivity index (χ4v) is 11.3. The van der Waals surface area contributed by atoms with Crippen LogP contribution in [-0.4, -0.2) is 168 Å². The first-order valence-corrected chi connectivity index (χ1v) is 26.4. The predicted octanol–water partition coefficient (Wildman–Crippen LogP) is 6.24. The molecule has 74 heavy (non-hydrogen) atoms. The van der Waals surface area contributed by atoms with Crippen LogP contribution in [0.3, 0.4) is 0 Å². The summed E-state index contributed by atoms with van der Waals surface area (Å²) in [7, 11) is 7.20. The Morgan fingerprint density at radius 2 is 1.76 bits per heavy atom. The van der Waals surface area contributed by atoms with Crippen LogP contribution in [0.5, 0.6) is 0 Å². The number of hydrazine groups is 1. The molecule has 5 atom stereocenters. The second-order valence-electron chi connectivity index (χ2n) is 22.1. The number of ether oxygens (including phenoxy) is 3. The van der Waals surface area contributed by atoms with Crippen molar-refractivity contribution in [2.45, 2.75) is 110 Å². The number of benzene rings is 2. The van der Waals surface area contributed by atoms with Gasteiger partial charge in [0.15, 0.2) is 0 Å². The Hall–Kier alpha value is -6.14. The van der Waals surface area contributed by atoms with Crippen molar-refractivity contribution in [2.24, 2.45) is 11.3 Å². The number of likely N-dealkylation sites (N-methyl/N-ethyl adjacent to an activating group) is 2. The van der Waals surface area contributed by atoms with E-state index in [0.29, 0.717) is 71.6 Å². The van der Waals surface area contributed by atoms with Crippen molar-refractivity contribution in [1.82, 2.24) is 44.9 Å². The maximum absolute atomic E-state index is 14.9. The number of rotatable bonds is 11. The topological polar surface area (TPSA) is 171 Å². The number of esters is 1. The van der Waals surface area contributed by atoms with E-state index in [0.717, 1.165) is 50.1 Å². The van der Waals surface area contributed by atoms with Gasteiger partial charge in [0.2, 0.25) is 11.8 Å². The van der Waals surface area contributed by atoms with Crippen LogP contribution in [0.15, 0.2) is 72.9 Å². The number of carbonyl (C=O) groups is 5. The lowest BCUT2D eigenvalue weighted by Crippen LogP contribution is -2.62. The van der Waals surface area contributed by atoms with Gasteiger partial charge in [-0.1, -0.05) is 64.1 Å². The largest absolute Gasteiger partial charge is 0.464 e. The lowest BCUT2D eigenvalue weighted by Gasteiger charge is -2.40. The molecule has 6 bridgehead atoms. The first-order chi connectivity index (χ1) is 35.3. The van der Waals surface area contributed by atoms with Crippen LogP contribution < -0.4 is 10.7 Å². The summed E-state index contributed by atoms with van der Waals surface area (Å²) in [6.07, 6.45) is 7.25. The highest BCUT2D eigenvalue weighted by atomic mass is 16.5. The Morgan fingerprint density at radius 3 is 2.50 bits per heavy atom. The average molecular weight is 1020 g/mol. The number of pyridine rings is 1. The molecular weight excluding hydrogens is 939 g/mol. The molecule has 0 radical (unpaired) electrons. The number of morpholine rings is 1. The maximum atomic E-state index is 14.9. The number of hydrogen-bond donors (Lipinski definition) is 2. The van der Waals surface area contributed by atoms with E-state index in [-0.39, 0.29) is 43.5 Å². The number of carbonyl (C=O) groups excluding carboxylic acids is 5. The van der Waals surface area contributed by atoms with Gasteiger partial charge in [0, 0.05) is 87.5 Å². The van der Waals surface area contributed by atoms with Gasteiger partial charge in [-0.15, -0.1) is 0 Å². The van der Waals surface area contributed by atoms with E-state index >= 15 is 0 Å². The number of methoxy groups -OCH3 is 1. The van der Waals surface area contributed by atoms with Crippen molar-refractivity contribution in [3.63, 3.8) is 0 Å². The molecule has 3 saturated heterocycles. The quantitative estimate of drug-likeness (QED) is 0.129. The molecule has 8 rings (SSSR count). The molecule has 6 heterocycles. The van der Waals surface area contributed by atoms with E-state index in [2.05, 4.69) is 72.5 Å². The van der Waals surface area contributed by atoms with Crippen LogP contribution in [-0.2, 0) is 52.8 Å². The number of amides is 5. The zero-order valence-corrected chi connectivity index (χ0v) is 45.1. The summed E-state index contributed by atoms with van der Waals surface area (Å²) in [6, 6.07) is 15.5. The average Bonchev–Trinajstić information content (AvgIpc) is 3.93. The molecule has 4 aliphatic rings. The number of aromatic nitrogens is 2. The zero-order chi connectivity index (χ0) is 53.1. The molecule has 4 aliphatic heterocycles. The fraction of sp³-hybridized carbons (Fsp3) is 0.544. The third kappa shape index (κ3) is 11.7. The summed E-state index contributed by atoms with van der Waals surface area (Å²) in [5.74, 6) is -1.75. The molecule has 0 unspecified atom stereocenters. The molecule has 0 saturated carbocycles. The summed E-state index contributed by atoms with van der Waals surface area (Å²) in [6.45, 7) is 15.8. The molecule has 3 fully saturated rings. The molecule has 2 aromatic carbocycles. The Labute approximate surface area is 436 Å². The van der Waals surface area contributed by atoms with Crippen LogP contribution in [0.25, 0.3) is 33.3 Å². The second kappa shape index (κ2) is 22.8. The molecule has 17 heteroatoms. The van der Waals surface area contributed by atoms with Crippen molar-refractivity contribution >= 4 is 40.6 Å². The molecule has 1 spiro atoms. The van der Waals surface area contributed by atoms with Crippen molar-refractivity contribution in [1.29, 1.82) is 0 Å². The molecule has 5 amide bonds. The van der Waals surface area contributed by atoms with Crippen molar-refractivity contribution < 1.29 is 38.2 Å². The molecule has 2 N–H and O–H groups in total.